The van der Waals surface area contributed by atoms with Gasteiger partial charge in [-0.15, -0.1) is 11.3 Å². The predicted molar refractivity (Wildman–Crippen MR) is 99.9 cm³/mol. The summed E-state index contributed by atoms with van der Waals surface area (Å²) in [6, 6.07) is 10.6. The first kappa shape index (κ1) is 19.6. The zero-order valence-electron chi connectivity index (χ0n) is 14.5. The number of carbonyl (C=O) groups excluding carboxylic acids is 1. The minimum Gasteiger partial charge on any atom is -0.380 e. The van der Waals surface area contributed by atoms with Crippen molar-refractivity contribution in [2.45, 2.75) is 13.1 Å². The van der Waals surface area contributed by atoms with Crippen LogP contribution < -0.4 is 5.73 Å². The van der Waals surface area contributed by atoms with Crippen molar-refractivity contribution in [2.24, 2.45) is 10.9 Å². The summed E-state index contributed by atoms with van der Waals surface area (Å²) in [4.78, 5) is 21.0. The molecule has 0 saturated carbocycles. The Morgan fingerprint density at radius 3 is 2.21 bits per heavy atom. The third-order valence-electron chi connectivity index (χ3n) is 3.77. The average molecular weight is 405 g/mol. The van der Waals surface area contributed by atoms with Gasteiger partial charge in [-0.2, -0.15) is 13.2 Å². The van der Waals surface area contributed by atoms with Crippen molar-refractivity contribution < 1.29 is 22.8 Å². The molecule has 5 nitrogen and oxygen atoms in total. The van der Waals surface area contributed by atoms with Crippen LogP contribution in [0, 0.1) is 6.92 Å². The minimum absolute atomic E-state index is 0.0405. The zero-order chi connectivity index (χ0) is 20.3. The summed E-state index contributed by atoms with van der Waals surface area (Å²) in [5.41, 5.74) is 7.15. The number of benzene rings is 2. The number of carbonyl (C=O) groups is 1. The smallest absolute Gasteiger partial charge is 0.380 e. The van der Waals surface area contributed by atoms with Gasteiger partial charge in [0.25, 0.3) is 0 Å². The van der Waals surface area contributed by atoms with E-state index in [0.29, 0.717) is 5.56 Å². The third kappa shape index (κ3) is 4.55. The van der Waals surface area contributed by atoms with Gasteiger partial charge >= 0.3 is 12.1 Å². The molecule has 28 heavy (non-hydrogen) atoms. The normalized spacial score (nSPS) is 12.1. The molecular formula is C19H14F3N3O2S. The van der Waals surface area contributed by atoms with E-state index in [4.69, 9.17) is 10.6 Å². The summed E-state index contributed by atoms with van der Waals surface area (Å²) >= 11 is 1.54. The van der Waals surface area contributed by atoms with Gasteiger partial charge in [-0.05, 0) is 31.2 Å². The van der Waals surface area contributed by atoms with Crippen molar-refractivity contribution in [3.8, 4) is 11.3 Å². The first-order chi connectivity index (χ1) is 13.2. The third-order valence-corrected chi connectivity index (χ3v) is 4.54. The Hall–Kier alpha value is -3.20. The second kappa shape index (κ2) is 7.81. The summed E-state index contributed by atoms with van der Waals surface area (Å²) < 4.78 is 37.6. The number of alkyl halides is 3. The largest absolute Gasteiger partial charge is 0.416 e. The van der Waals surface area contributed by atoms with Crippen molar-refractivity contribution in [1.29, 1.82) is 0 Å². The summed E-state index contributed by atoms with van der Waals surface area (Å²) in [7, 11) is 0. The molecule has 0 saturated heterocycles. The molecule has 0 aliphatic heterocycles. The highest BCUT2D eigenvalue weighted by molar-refractivity contribution is 7.09. The van der Waals surface area contributed by atoms with E-state index < -0.39 is 17.7 Å². The van der Waals surface area contributed by atoms with Crippen LogP contribution in [0.4, 0.5) is 13.2 Å². The molecule has 2 N–H and O–H groups in total. The summed E-state index contributed by atoms with van der Waals surface area (Å²) in [5, 5.41) is 6.45. The Labute approximate surface area is 162 Å². The van der Waals surface area contributed by atoms with Crippen LogP contribution in [0.15, 0.2) is 59.1 Å². The molecule has 1 heterocycles. The lowest BCUT2D eigenvalue weighted by molar-refractivity contribution is -0.137. The Morgan fingerprint density at radius 1 is 1.07 bits per heavy atom. The van der Waals surface area contributed by atoms with Gasteiger partial charge in [0.1, 0.15) is 0 Å². The first-order valence-electron chi connectivity index (χ1n) is 7.99. The molecule has 0 radical (unpaired) electrons. The fourth-order valence-electron chi connectivity index (χ4n) is 2.30. The molecule has 9 heteroatoms. The molecule has 3 rings (SSSR count). The van der Waals surface area contributed by atoms with Crippen molar-refractivity contribution in [1.82, 2.24) is 4.98 Å². The van der Waals surface area contributed by atoms with Gasteiger partial charge in [-0.3, -0.25) is 0 Å². The molecule has 0 atom stereocenters. The molecule has 0 aliphatic carbocycles. The highest BCUT2D eigenvalue weighted by atomic mass is 32.1. The maximum absolute atomic E-state index is 12.5. The number of rotatable bonds is 4. The maximum atomic E-state index is 12.5. The van der Waals surface area contributed by atoms with Gasteiger partial charge in [0.15, 0.2) is 5.84 Å². The Kier molecular flexibility index (Phi) is 5.46. The van der Waals surface area contributed by atoms with E-state index in [2.05, 4.69) is 10.1 Å². The summed E-state index contributed by atoms with van der Waals surface area (Å²) in [6.45, 7) is 1.91. The molecule has 0 aliphatic rings. The van der Waals surface area contributed by atoms with Crippen molar-refractivity contribution >= 4 is 23.1 Å². The lowest BCUT2D eigenvalue weighted by atomic mass is 10.1. The number of nitrogens with zero attached hydrogens (tertiary/aromatic N) is 2. The van der Waals surface area contributed by atoms with Crippen LogP contribution >= 0.6 is 11.3 Å². The van der Waals surface area contributed by atoms with Gasteiger partial charge in [0, 0.05) is 16.5 Å². The molecule has 0 bridgehead atoms. The van der Waals surface area contributed by atoms with Crippen molar-refractivity contribution in [2.75, 3.05) is 0 Å². The number of nitrogens with two attached hydrogens (primary N) is 1. The molecule has 0 unspecified atom stereocenters. The molecule has 0 spiro atoms. The van der Waals surface area contributed by atoms with Gasteiger partial charge in [-0.1, -0.05) is 29.4 Å². The standard InChI is InChI=1S/C19H14F3N3O2S/c1-11-24-16(10-28-11)12-2-4-13(5-3-12)17(23)25-27-18(26)14-6-8-15(9-7-14)19(20,21)22/h2-10H,1H3,(H2,23,25). The van der Waals surface area contributed by atoms with Crippen LogP contribution in [0.25, 0.3) is 11.3 Å². The second-order valence-corrected chi connectivity index (χ2v) is 6.82. The predicted octanol–water partition coefficient (Wildman–Crippen LogP) is 4.61. The Morgan fingerprint density at radius 2 is 1.68 bits per heavy atom. The molecule has 1 aromatic heterocycles. The van der Waals surface area contributed by atoms with E-state index in [0.717, 1.165) is 40.5 Å². The van der Waals surface area contributed by atoms with Gasteiger partial charge in [0.2, 0.25) is 0 Å². The number of hydrogen-bond acceptors (Lipinski definition) is 5. The summed E-state index contributed by atoms with van der Waals surface area (Å²) in [6.07, 6.45) is -4.48. The van der Waals surface area contributed by atoms with Crippen LogP contribution in [0.2, 0.25) is 0 Å². The first-order valence-corrected chi connectivity index (χ1v) is 8.87. The number of halogens is 3. The van der Waals surface area contributed by atoms with E-state index in [1.165, 1.54) is 0 Å². The minimum atomic E-state index is -4.48. The molecular weight excluding hydrogens is 391 g/mol. The number of thiazole rings is 1. The highest BCUT2D eigenvalue weighted by Gasteiger charge is 2.30. The number of aryl methyl sites for hydroxylation is 1. The molecule has 0 fully saturated rings. The molecule has 144 valence electrons. The highest BCUT2D eigenvalue weighted by Crippen LogP contribution is 2.29. The summed E-state index contributed by atoms with van der Waals surface area (Å²) in [5.74, 6) is -0.951. The lowest BCUT2D eigenvalue weighted by Crippen LogP contribution is -2.15. The van der Waals surface area contributed by atoms with Crippen LogP contribution in [-0.4, -0.2) is 16.8 Å². The average Bonchev–Trinajstić information content (AvgIpc) is 3.11. The SMILES string of the molecule is Cc1nc(-c2ccc(C(N)=NOC(=O)c3ccc(C(F)(F)F)cc3)cc2)cs1. The lowest BCUT2D eigenvalue weighted by Gasteiger charge is -2.06. The fourth-order valence-corrected chi connectivity index (χ4v) is 2.92. The maximum Gasteiger partial charge on any atom is 0.416 e. The number of oxime groups is 1. The van der Waals surface area contributed by atoms with E-state index >= 15 is 0 Å². The molecule has 2 aromatic carbocycles. The fraction of sp³-hybridized carbons (Fsp3) is 0.105. The van der Waals surface area contributed by atoms with E-state index in [-0.39, 0.29) is 11.4 Å². The second-order valence-electron chi connectivity index (χ2n) is 5.76. The monoisotopic (exact) mass is 405 g/mol. The Balaban J connectivity index is 1.67. The van der Waals surface area contributed by atoms with Crippen LogP contribution in [0.3, 0.4) is 0 Å². The zero-order valence-corrected chi connectivity index (χ0v) is 15.3. The number of amidine groups is 1. The van der Waals surface area contributed by atoms with Gasteiger partial charge < -0.3 is 10.6 Å². The van der Waals surface area contributed by atoms with Crippen molar-refractivity contribution in [3.05, 3.63) is 75.6 Å². The van der Waals surface area contributed by atoms with Crippen LogP contribution in [-0.2, 0) is 11.0 Å². The van der Waals surface area contributed by atoms with Crippen LogP contribution in [0.1, 0.15) is 26.5 Å². The van der Waals surface area contributed by atoms with E-state index in [1.807, 2.05) is 24.4 Å². The topological polar surface area (TPSA) is 77.6 Å². The van der Waals surface area contributed by atoms with Crippen LogP contribution in [0.5, 0.6) is 0 Å². The molecule has 3 aromatic rings. The van der Waals surface area contributed by atoms with Gasteiger partial charge in [0.05, 0.1) is 21.8 Å². The van der Waals surface area contributed by atoms with E-state index in [1.54, 1.807) is 23.5 Å². The number of hydrogen-bond donors (Lipinski definition) is 1. The quantitative estimate of drug-likeness (QED) is 0.298. The van der Waals surface area contributed by atoms with Crippen molar-refractivity contribution in [3.63, 3.8) is 0 Å². The Bertz CT molecular complexity index is 1010. The number of aromatic nitrogens is 1. The van der Waals surface area contributed by atoms with E-state index in [9.17, 15) is 18.0 Å². The molecule has 0 amide bonds. The van der Waals surface area contributed by atoms with Gasteiger partial charge in [-0.25, -0.2) is 9.78 Å².